The van der Waals surface area contributed by atoms with E-state index in [1.807, 2.05) is 30.3 Å². The number of amides is 1. The summed E-state index contributed by atoms with van der Waals surface area (Å²) >= 11 is 1.28. The second kappa shape index (κ2) is 6.89. The van der Waals surface area contributed by atoms with Crippen LogP contribution in [0.15, 0.2) is 72.2 Å². The van der Waals surface area contributed by atoms with Crippen molar-refractivity contribution < 1.29 is 9.18 Å². The third kappa shape index (κ3) is 3.38. The molecular formula is C19H13FN4OS. The zero-order valence-electron chi connectivity index (χ0n) is 13.5. The summed E-state index contributed by atoms with van der Waals surface area (Å²) in [5.74, 6) is -0.674. The Balaban J connectivity index is 1.50. The smallest absolute Gasteiger partial charge is 0.277 e. The highest BCUT2D eigenvalue weighted by atomic mass is 32.1. The maximum atomic E-state index is 13.3. The number of rotatable bonds is 4. The first-order chi connectivity index (χ1) is 12.7. The first kappa shape index (κ1) is 16.2. The van der Waals surface area contributed by atoms with Gasteiger partial charge in [-0.25, -0.2) is 14.1 Å². The molecule has 0 saturated carbocycles. The molecule has 1 N–H and O–H groups in total. The summed E-state index contributed by atoms with van der Waals surface area (Å²) in [5, 5.41) is 9.22. The molecule has 0 aliphatic carbocycles. The van der Waals surface area contributed by atoms with Gasteiger partial charge in [-0.2, -0.15) is 5.10 Å². The standard InChI is InChI=1S/C19H13FN4OS/c20-14-6-4-5-13(11-14)17-12-26-19(21-17)22-18(25)16-9-10-24(23-16)15-7-2-1-3-8-15/h1-12H,(H,21,22,25). The van der Waals surface area contributed by atoms with Gasteiger partial charge in [-0.1, -0.05) is 30.3 Å². The van der Waals surface area contributed by atoms with E-state index in [1.165, 1.54) is 23.5 Å². The lowest BCUT2D eigenvalue weighted by Crippen LogP contribution is -2.13. The summed E-state index contributed by atoms with van der Waals surface area (Å²) in [6.07, 6.45) is 1.73. The summed E-state index contributed by atoms with van der Waals surface area (Å²) in [5.41, 5.74) is 2.43. The minimum atomic E-state index is -0.347. The van der Waals surface area contributed by atoms with Gasteiger partial charge in [0.25, 0.3) is 5.91 Å². The van der Waals surface area contributed by atoms with Crippen LogP contribution in [0, 0.1) is 5.82 Å². The monoisotopic (exact) mass is 364 g/mol. The largest absolute Gasteiger partial charge is 0.296 e. The van der Waals surface area contributed by atoms with Crippen molar-refractivity contribution in [1.29, 1.82) is 0 Å². The maximum absolute atomic E-state index is 13.3. The molecule has 26 heavy (non-hydrogen) atoms. The molecule has 7 heteroatoms. The van der Waals surface area contributed by atoms with Crippen LogP contribution in [0.4, 0.5) is 9.52 Å². The number of nitrogens with zero attached hydrogens (tertiary/aromatic N) is 3. The molecule has 0 radical (unpaired) electrons. The van der Waals surface area contributed by atoms with Gasteiger partial charge in [0.1, 0.15) is 5.82 Å². The number of para-hydroxylation sites is 1. The second-order valence-corrected chi connectivity index (χ2v) is 6.34. The molecule has 2 aromatic carbocycles. The number of benzene rings is 2. The molecule has 0 atom stereocenters. The van der Waals surface area contributed by atoms with E-state index in [0.717, 1.165) is 5.69 Å². The molecule has 0 spiro atoms. The van der Waals surface area contributed by atoms with Crippen LogP contribution in [0.5, 0.6) is 0 Å². The summed E-state index contributed by atoms with van der Waals surface area (Å²) < 4.78 is 15.0. The molecule has 0 saturated heterocycles. The van der Waals surface area contributed by atoms with Crippen molar-refractivity contribution in [2.45, 2.75) is 0 Å². The lowest BCUT2D eigenvalue weighted by atomic mass is 10.2. The third-order valence-corrected chi connectivity index (χ3v) is 4.45. The first-order valence-corrected chi connectivity index (χ1v) is 8.71. The predicted octanol–water partition coefficient (Wildman–Crippen LogP) is 4.39. The SMILES string of the molecule is O=C(Nc1nc(-c2cccc(F)c2)cs1)c1ccn(-c2ccccc2)n1. The van der Waals surface area contributed by atoms with Crippen LogP contribution in [0.1, 0.15) is 10.5 Å². The fraction of sp³-hybridized carbons (Fsp3) is 0. The minimum Gasteiger partial charge on any atom is -0.296 e. The molecule has 128 valence electrons. The normalized spacial score (nSPS) is 10.7. The van der Waals surface area contributed by atoms with E-state index < -0.39 is 0 Å². The van der Waals surface area contributed by atoms with E-state index in [2.05, 4.69) is 15.4 Å². The van der Waals surface area contributed by atoms with Gasteiger partial charge < -0.3 is 0 Å². The van der Waals surface area contributed by atoms with Crippen molar-refractivity contribution in [2.24, 2.45) is 0 Å². The molecule has 5 nitrogen and oxygen atoms in total. The molecule has 0 aliphatic heterocycles. The molecule has 2 aromatic heterocycles. The van der Waals surface area contributed by atoms with Crippen LogP contribution >= 0.6 is 11.3 Å². The van der Waals surface area contributed by atoms with Crippen molar-refractivity contribution in [3.63, 3.8) is 0 Å². The topological polar surface area (TPSA) is 59.8 Å². The molecule has 0 fully saturated rings. The Kier molecular flexibility index (Phi) is 4.28. The zero-order chi connectivity index (χ0) is 17.9. The molecule has 4 aromatic rings. The Morgan fingerprint density at radius 3 is 2.73 bits per heavy atom. The van der Waals surface area contributed by atoms with Crippen LogP contribution in [0.3, 0.4) is 0 Å². The maximum Gasteiger partial charge on any atom is 0.277 e. The Morgan fingerprint density at radius 1 is 1.08 bits per heavy atom. The highest BCUT2D eigenvalue weighted by Crippen LogP contribution is 2.25. The number of nitrogens with one attached hydrogen (secondary N) is 1. The van der Waals surface area contributed by atoms with Crippen molar-refractivity contribution >= 4 is 22.4 Å². The lowest BCUT2D eigenvalue weighted by molar-refractivity contribution is 0.102. The van der Waals surface area contributed by atoms with E-state index in [4.69, 9.17) is 0 Å². The Hall–Kier alpha value is -3.32. The number of aromatic nitrogens is 3. The first-order valence-electron chi connectivity index (χ1n) is 7.83. The third-order valence-electron chi connectivity index (χ3n) is 3.69. The minimum absolute atomic E-state index is 0.288. The summed E-state index contributed by atoms with van der Waals surface area (Å²) in [4.78, 5) is 16.7. The molecule has 0 aliphatic rings. The van der Waals surface area contributed by atoms with Crippen molar-refractivity contribution in [1.82, 2.24) is 14.8 Å². The van der Waals surface area contributed by atoms with Crippen molar-refractivity contribution in [3.8, 4) is 16.9 Å². The number of anilines is 1. The van der Waals surface area contributed by atoms with E-state index in [-0.39, 0.29) is 17.4 Å². The predicted molar refractivity (Wildman–Crippen MR) is 99.0 cm³/mol. The van der Waals surface area contributed by atoms with Gasteiger partial charge in [-0.05, 0) is 30.3 Å². The van der Waals surface area contributed by atoms with Crippen LogP contribution in [-0.4, -0.2) is 20.7 Å². The summed E-state index contributed by atoms with van der Waals surface area (Å²) in [6.45, 7) is 0. The van der Waals surface area contributed by atoms with Gasteiger partial charge in [0.15, 0.2) is 10.8 Å². The number of carbonyl (C=O) groups is 1. The fourth-order valence-corrected chi connectivity index (χ4v) is 3.16. The molecule has 0 unspecified atom stereocenters. The van der Waals surface area contributed by atoms with Gasteiger partial charge in [-0.15, -0.1) is 11.3 Å². The molecule has 0 bridgehead atoms. The average Bonchev–Trinajstić information content (AvgIpc) is 3.32. The van der Waals surface area contributed by atoms with Crippen LogP contribution in [0.25, 0.3) is 16.9 Å². The van der Waals surface area contributed by atoms with Gasteiger partial charge in [-0.3, -0.25) is 10.1 Å². The highest BCUT2D eigenvalue weighted by molar-refractivity contribution is 7.14. The van der Waals surface area contributed by atoms with E-state index >= 15 is 0 Å². The van der Waals surface area contributed by atoms with E-state index in [9.17, 15) is 9.18 Å². The summed E-state index contributed by atoms with van der Waals surface area (Å²) in [7, 11) is 0. The van der Waals surface area contributed by atoms with Gasteiger partial charge in [0.05, 0.1) is 11.4 Å². The van der Waals surface area contributed by atoms with Crippen LogP contribution in [-0.2, 0) is 0 Å². The van der Waals surface area contributed by atoms with Gasteiger partial charge in [0, 0.05) is 17.1 Å². The molecule has 4 rings (SSSR count). The zero-order valence-corrected chi connectivity index (χ0v) is 14.3. The number of hydrogen-bond acceptors (Lipinski definition) is 4. The number of halogens is 1. The van der Waals surface area contributed by atoms with E-state index in [0.29, 0.717) is 16.4 Å². The number of carbonyl (C=O) groups excluding carboxylic acids is 1. The Morgan fingerprint density at radius 2 is 1.92 bits per heavy atom. The average molecular weight is 364 g/mol. The lowest BCUT2D eigenvalue weighted by Gasteiger charge is -2.00. The Bertz CT molecular complexity index is 1060. The molecule has 1 amide bonds. The molecular weight excluding hydrogens is 351 g/mol. The highest BCUT2D eigenvalue weighted by Gasteiger charge is 2.13. The van der Waals surface area contributed by atoms with Gasteiger partial charge >= 0.3 is 0 Å². The van der Waals surface area contributed by atoms with E-state index in [1.54, 1.807) is 34.5 Å². The number of hydrogen-bond donors (Lipinski definition) is 1. The number of thiazole rings is 1. The van der Waals surface area contributed by atoms with Crippen molar-refractivity contribution in [3.05, 3.63) is 83.8 Å². The van der Waals surface area contributed by atoms with Gasteiger partial charge in [0.2, 0.25) is 0 Å². The quantitative estimate of drug-likeness (QED) is 0.584. The molecule has 2 heterocycles. The van der Waals surface area contributed by atoms with Crippen LogP contribution < -0.4 is 5.32 Å². The second-order valence-electron chi connectivity index (χ2n) is 5.48. The van der Waals surface area contributed by atoms with Crippen LogP contribution in [0.2, 0.25) is 0 Å². The Labute approximate surface area is 152 Å². The summed E-state index contributed by atoms with van der Waals surface area (Å²) in [6, 6.07) is 17.3. The van der Waals surface area contributed by atoms with Crippen molar-refractivity contribution in [2.75, 3.05) is 5.32 Å². The fourth-order valence-electron chi connectivity index (χ4n) is 2.44.